The molecule has 0 unspecified atom stereocenters. The molecular formula is C20H21N3O5. The van der Waals surface area contributed by atoms with Crippen LogP contribution in [0.25, 0.3) is 0 Å². The molecule has 0 bridgehead atoms. The van der Waals surface area contributed by atoms with Gasteiger partial charge < -0.3 is 14.8 Å². The van der Waals surface area contributed by atoms with Crippen LogP contribution in [-0.4, -0.2) is 36.6 Å². The fourth-order valence-electron chi connectivity index (χ4n) is 2.89. The van der Waals surface area contributed by atoms with Gasteiger partial charge in [-0.05, 0) is 43.2 Å². The van der Waals surface area contributed by atoms with Crippen molar-refractivity contribution >= 4 is 17.8 Å². The molecule has 4 amide bonds. The molecule has 0 radical (unpaired) electrons. The summed E-state index contributed by atoms with van der Waals surface area (Å²) >= 11 is 0. The van der Waals surface area contributed by atoms with Crippen molar-refractivity contribution in [1.82, 2.24) is 15.8 Å². The molecule has 1 aliphatic rings. The van der Waals surface area contributed by atoms with Gasteiger partial charge in [0.1, 0.15) is 17.0 Å². The number of aryl methyl sites for hydroxylation is 1. The predicted octanol–water partition coefficient (Wildman–Crippen LogP) is 1.88. The van der Waals surface area contributed by atoms with Crippen molar-refractivity contribution in [3.05, 3.63) is 59.7 Å². The zero-order valence-electron chi connectivity index (χ0n) is 15.8. The molecule has 0 saturated carbocycles. The molecule has 8 heteroatoms. The van der Waals surface area contributed by atoms with Crippen LogP contribution in [0.1, 0.15) is 18.1 Å². The molecule has 1 atom stereocenters. The van der Waals surface area contributed by atoms with E-state index in [0.29, 0.717) is 22.1 Å². The summed E-state index contributed by atoms with van der Waals surface area (Å²) in [5.41, 5.74) is 2.39. The van der Waals surface area contributed by atoms with Gasteiger partial charge in [-0.2, -0.15) is 5.01 Å². The summed E-state index contributed by atoms with van der Waals surface area (Å²) in [6.07, 6.45) is 0. The number of nitrogens with one attached hydrogen (secondary N) is 2. The number of carbonyl (C=O) groups is 3. The Morgan fingerprint density at radius 3 is 2.64 bits per heavy atom. The smallest absolute Gasteiger partial charge is 0.344 e. The monoisotopic (exact) mass is 383 g/mol. The van der Waals surface area contributed by atoms with Gasteiger partial charge in [-0.3, -0.25) is 15.0 Å². The molecule has 0 aliphatic carbocycles. The first-order chi connectivity index (χ1) is 13.3. The maximum atomic E-state index is 12.8. The van der Waals surface area contributed by atoms with Gasteiger partial charge in [0.2, 0.25) is 0 Å². The molecule has 146 valence electrons. The Morgan fingerprint density at radius 2 is 1.93 bits per heavy atom. The first-order valence-corrected chi connectivity index (χ1v) is 8.64. The Balaban J connectivity index is 1.69. The van der Waals surface area contributed by atoms with Crippen LogP contribution in [0.15, 0.2) is 48.5 Å². The summed E-state index contributed by atoms with van der Waals surface area (Å²) < 4.78 is 10.6. The number of amides is 4. The molecule has 1 heterocycles. The largest absolute Gasteiger partial charge is 0.497 e. The molecule has 8 nitrogen and oxygen atoms in total. The minimum atomic E-state index is -1.32. The number of para-hydroxylation sites is 1. The second kappa shape index (κ2) is 7.59. The topological polar surface area (TPSA) is 97.0 Å². The predicted molar refractivity (Wildman–Crippen MR) is 101 cm³/mol. The number of hydrazine groups is 1. The van der Waals surface area contributed by atoms with E-state index in [1.54, 1.807) is 43.3 Å². The molecule has 2 aromatic carbocycles. The van der Waals surface area contributed by atoms with Gasteiger partial charge in [-0.1, -0.05) is 30.3 Å². The molecule has 1 fully saturated rings. The van der Waals surface area contributed by atoms with E-state index < -0.39 is 23.4 Å². The summed E-state index contributed by atoms with van der Waals surface area (Å²) in [7, 11) is 1.51. The second-order valence-electron chi connectivity index (χ2n) is 6.52. The van der Waals surface area contributed by atoms with Gasteiger partial charge >= 0.3 is 6.03 Å². The maximum Gasteiger partial charge on any atom is 0.344 e. The van der Waals surface area contributed by atoms with Crippen LogP contribution in [0.2, 0.25) is 0 Å². The highest BCUT2D eigenvalue weighted by molar-refractivity contribution is 6.08. The number of rotatable bonds is 6. The average molecular weight is 383 g/mol. The number of hydrogen-bond acceptors (Lipinski definition) is 5. The summed E-state index contributed by atoms with van der Waals surface area (Å²) in [4.78, 5) is 37.3. The van der Waals surface area contributed by atoms with E-state index in [9.17, 15) is 14.4 Å². The number of carbonyl (C=O) groups excluding carboxylic acids is 3. The number of nitrogens with zero attached hydrogens (tertiary/aromatic N) is 1. The molecule has 28 heavy (non-hydrogen) atoms. The van der Waals surface area contributed by atoms with E-state index in [-0.39, 0.29) is 6.61 Å². The van der Waals surface area contributed by atoms with Crippen molar-refractivity contribution in [3.8, 4) is 11.5 Å². The molecular weight excluding hydrogens is 362 g/mol. The van der Waals surface area contributed by atoms with Gasteiger partial charge in [0.25, 0.3) is 11.8 Å². The van der Waals surface area contributed by atoms with Crippen LogP contribution in [0, 0.1) is 6.92 Å². The van der Waals surface area contributed by atoms with Crippen LogP contribution in [-0.2, 0) is 15.1 Å². The maximum absolute atomic E-state index is 12.8. The Morgan fingerprint density at radius 1 is 1.18 bits per heavy atom. The highest BCUT2D eigenvalue weighted by atomic mass is 16.5. The lowest BCUT2D eigenvalue weighted by Crippen LogP contribution is -2.49. The highest BCUT2D eigenvalue weighted by Crippen LogP contribution is 2.30. The fourth-order valence-corrected chi connectivity index (χ4v) is 2.89. The summed E-state index contributed by atoms with van der Waals surface area (Å²) in [5.74, 6) is -0.123. The average Bonchev–Trinajstić information content (AvgIpc) is 2.91. The standard InChI is InChI=1S/C20H21N3O5/c1-13-7-4-5-10-16(13)28-12-17(24)22-23-18(25)20(2,21-19(23)26)14-8-6-9-15(11-14)27-3/h4-11H,12H2,1-3H3,(H,21,26)(H,22,24)/t20-/m0/s1. The first-order valence-electron chi connectivity index (χ1n) is 8.64. The molecule has 0 spiro atoms. The van der Waals surface area contributed by atoms with Crippen LogP contribution in [0.3, 0.4) is 0 Å². The van der Waals surface area contributed by atoms with E-state index in [1.165, 1.54) is 7.11 Å². The lowest BCUT2D eigenvalue weighted by molar-refractivity contribution is -0.139. The van der Waals surface area contributed by atoms with Gasteiger partial charge in [0, 0.05) is 0 Å². The van der Waals surface area contributed by atoms with Crippen molar-refractivity contribution in [3.63, 3.8) is 0 Å². The summed E-state index contributed by atoms with van der Waals surface area (Å²) in [6.45, 7) is 3.08. The normalized spacial score (nSPS) is 18.6. The molecule has 0 aromatic heterocycles. The van der Waals surface area contributed by atoms with E-state index in [4.69, 9.17) is 9.47 Å². The second-order valence-corrected chi connectivity index (χ2v) is 6.52. The highest BCUT2D eigenvalue weighted by Gasteiger charge is 2.50. The third kappa shape index (κ3) is 3.62. The minimum Gasteiger partial charge on any atom is -0.497 e. The molecule has 1 aliphatic heterocycles. The lowest BCUT2D eigenvalue weighted by atomic mass is 9.92. The van der Waals surface area contributed by atoms with Gasteiger partial charge in [-0.15, -0.1) is 0 Å². The van der Waals surface area contributed by atoms with Crippen molar-refractivity contribution in [2.75, 3.05) is 13.7 Å². The summed E-state index contributed by atoms with van der Waals surface area (Å²) in [6, 6.07) is 13.3. The summed E-state index contributed by atoms with van der Waals surface area (Å²) in [5, 5.41) is 3.28. The van der Waals surface area contributed by atoms with Crippen molar-refractivity contribution < 1.29 is 23.9 Å². The van der Waals surface area contributed by atoms with Crippen molar-refractivity contribution in [2.24, 2.45) is 0 Å². The Hall–Kier alpha value is -3.55. The SMILES string of the molecule is COc1cccc([C@]2(C)NC(=O)N(NC(=O)COc3ccccc3C)C2=O)c1. The zero-order chi connectivity index (χ0) is 20.3. The van der Waals surface area contributed by atoms with E-state index in [1.807, 2.05) is 19.1 Å². The van der Waals surface area contributed by atoms with Gasteiger partial charge in [0.05, 0.1) is 7.11 Å². The number of hydrogen-bond donors (Lipinski definition) is 2. The fraction of sp³-hybridized carbons (Fsp3) is 0.250. The van der Waals surface area contributed by atoms with E-state index >= 15 is 0 Å². The first kappa shape index (κ1) is 19.2. The van der Waals surface area contributed by atoms with Gasteiger partial charge in [0.15, 0.2) is 6.61 Å². The Kier molecular flexibility index (Phi) is 5.21. The van der Waals surface area contributed by atoms with Crippen LogP contribution < -0.4 is 20.2 Å². The molecule has 3 rings (SSSR count). The van der Waals surface area contributed by atoms with Gasteiger partial charge in [-0.25, -0.2) is 4.79 Å². The van der Waals surface area contributed by atoms with Crippen molar-refractivity contribution in [2.45, 2.75) is 19.4 Å². The van der Waals surface area contributed by atoms with E-state index in [0.717, 1.165) is 5.56 Å². The number of urea groups is 1. The quantitative estimate of drug-likeness (QED) is 0.743. The Bertz CT molecular complexity index is 930. The van der Waals surface area contributed by atoms with Crippen molar-refractivity contribution in [1.29, 1.82) is 0 Å². The molecule has 1 saturated heterocycles. The number of imide groups is 1. The van der Waals surface area contributed by atoms with E-state index in [2.05, 4.69) is 10.7 Å². The molecule has 2 N–H and O–H groups in total. The van der Waals surface area contributed by atoms with Crippen LogP contribution in [0.4, 0.5) is 4.79 Å². The zero-order valence-corrected chi connectivity index (χ0v) is 15.8. The van der Waals surface area contributed by atoms with Crippen LogP contribution >= 0.6 is 0 Å². The van der Waals surface area contributed by atoms with Crippen LogP contribution in [0.5, 0.6) is 11.5 Å². The molecule has 2 aromatic rings. The Labute approximate surface area is 162 Å². The third-order valence-corrected chi connectivity index (χ3v) is 4.53. The number of benzene rings is 2. The number of ether oxygens (including phenoxy) is 2. The lowest BCUT2D eigenvalue weighted by Gasteiger charge is -2.22. The number of methoxy groups -OCH3 is 1. The minimum absolute atomic E-state index is 0.336. The third-order valence-electron chi connectivity index (χ3n) is 4.53.